The molecule has 1 aliphatic rings. The van der Waals surface area contributed by atoms with Gasteiger partial charge in [-0.1, -0.05) is 5.16 Å². The number of carbonyl (C=O) groups excluding carboxylic acids is 1. The Hall–Kier alpha value is -1.16. The first-order valence-electron chi connectivity index (χ1n) is 4.78. The molecule has 0 amide bonds. The Balaban J connectivity index is 1.99. The molecule has 2 rings (SSSR count). The first kappa shape index (κ1) is 9.40. The smallest absolute Gasteiger partial charge is 0.162 e. The zero-order valence-electron chi connectivity index (χ0n) is 8.16. The fraction of sp³-hybridized carbons (Fsp3) is 0.600. The Morgan fingerprint density at radius 2 is 2.50 bits per heavy atom. The first-order valence-corrected chi connectivity index (χ1v) is 4.78. The molecule has 1 atom stereocenters. The van der Waals surface area contributed by atoms with E-state index in [1.807, 2.05) is 13.0 Å². The van der Waals surface area contributed by atoms with E-state index < -0.39 is 0 Å². The van der Waals surface area contributed by atoms with Gasteiger partial charge in [-0.2, -0.15) is 0 Å². The number of hydrogen-bond donors (Lipinski definition) is 0. The van der Waals surface area contributed by atoms with E-state index in [9.17, 15) is 4.79 Å². The third-order valence-corrected chi connectivity index (χ3v) is 2.44. The molecule has 1 unspecified atom stereocenters. The van der Waals surface area contributed by atoms with Gasteiger partial charge in [-0.05, 0) is 13.3 Å². The van der Waals surface area contributed by atoms with E-state index in [4.69, 9.17) is 9.26 Å². The molecule has 1 aromatic heterocycles. The predicted octanol–water partition coefficient (Wildman–Crippen LogP) is 1.13. The summed E-state index contributed by atoms with van der Waals surface area (Å²) in [7, 11) is 0. The highest BCUT2D eigenvalue weighted by molar-refractivity contribution is 5.82. The Kier molecular flexibility index (Phi) is 2.63. The summed E-state index contributed by atoms with van der Waals surface area (Å²) in [5.41, 5.74) is 0.864. The Bertz CT molecular complexity index is 332. The molecule has 14 heavy (non-hydrogen) atoms. The minimum Gasteiger partial charge on any atom is -0.374 e. The minimum atomic E-state index is 0.0632. The molecule has 1 fully saturated rings. The van der Waals surface area contributed by atoms with Gasteiger partial charge >= 0.3 is 0 Å². The van der Waals surface area contributed by atoms with Crippen LogP contribution in [0.3, 0.4) is 0 Å². The lowest BCUT2D eigenvalue weighted by molar-refractivity contribution is -0.132. The average Bonchev–Trinajstić information content (AvgIpc) is 2.56. The van der Waals surface area contributed by atoms with Crippen molar-refractivity contribution in [2.75, 3.05) is 13.2 Å². The number of aromatic nitrogens is 1. The number of nitrogens with zero attached hydrogens (tertiary/aromatic N) is 1. The van der Waals surface area contributed by atoms with E-state index in [1.165, 1.54) is 0 Å². The molecule has 0 spiro atoms. The lowest BCUT2D eigenvalue weighted by atomic mass is 9.94. The largest absolute Gasteiger partial charge is 0.374 e. The molecule has 0 N–H and O–H groups in total. The monoisotopic (exact) mass is 195 g/mol. The van der Waals surface area contributed by atoms with Crippen LogP contribution in [0.1, 0.15) is 17.9 Å². The van der Waals surface area contributed by atoms with Crippen molar-refractivity contribution in [2.24, 2.45) is 5.92 Å². The number of hydrogen-bond acceptors (Lipinski definition) is 4. The third-order valence-electron chi connectivity index (χ3n) is 2.44. The highest BCUT2D eigenvalue weighted by atomic mass is 16.5. The maximum atomic E-state index is 11.4. The Morgan fingerprint density at radius 3 is 3.14 bits per heavy atom. The quantitative estimate of drug-likeness (QED) is 0.709. The number of aryl methyl sites for hydroxylation is 1. The summed E-state index contributed by atoms with van der Waals surface area (Å²) < 4.78 is 10.0. The number of ketones is 1. The van der Waals surface area contributed by atoms with Crippen LogP contribution in [0.25, 0.3) is 0 Å². The van der Waals surface area contributed by atoms with Gasteiger partial charge in [-0.3, -0.25) is 4.79 Å². The molecule has 4 heteroatoms. The molecule has 0 saturated carbocycles. The average molecular weight is 195 g/mol. The van der Waals surface area contributed by atoms with Gasteiger partial charge in [0, 0.05) is 25.0 Å². The summed E-state index contributed by atoms with van der Waals surface area (Å²) in [4.78, 5) is 11.4. The van der Waals surface area contributed by atoms with Crippen molar-refractivity contribution < 1.29 is 14.1 Å². The molecule has 76 valence electrons. The molecule has 0 bridgehead atoms. The number of Topliss-reactive ketones (excluding diaryl/α,β-unsaturated/α-hetero) is 1. The van der Waals surface area contributed by atoms with Crippen LogP contribution in [-0.4, -0.2) is 24.2 Å². The predicted molar refractivity (Wildman–Crippen MR) is 48.9 cm³/mol. The fourth-order valence-corrected chi connectivity index (χ4v) is 1.66. The normalized spacial score (nSPS) is 22.6. The maximum Gasteiger partial charge on any atom is 0.162 e. The van der Waals surface area contributed by atoms with Gasteiger partial charge < -0.3 is 9.26 Å². The van der Waals surface area contributed by atoms with Gasteiger partial charge in [-0.15, -0.1) is 0 Å². The lowest BCUT2D eigenvalue weighted by Crippen LogP contribution is -2.28. The zero-order valence-corrected chi connectivity index (χ0v) is 8.16. The van der Waals surface area contributed by atoms with Gasteiger partial charge in [0.25, 0.3) is 0 Å². The molecule has 4 nitrogen and oxygen atoms in total. The summed E-state index contributed by atoms with van der Waals surface area (Å²) in [5.74, 6) is 1.03. The minimum absolute atomic E-state index is 0.0632. The molecule has 0 aliphatic carbocycles. The SMILES string of the molecule is Cc1cc(CC2CCOCC2=O)no1. The zero-order chi connectivity index (χ0) is 9.97. The van der Waals surface area contributed by atoms with Crippen molar-refractivity contribution in [1.82, 2.24) is 5.16 Å². The summed E-state index contributed by atoms with van der Waals surface area (Å²) >= 11 is 0. The molecule has 1 aliphatic heterocycles. The Labute approximate surface area is 82.2 Å². The summed E-state index contributed by atoms with van der Waals surface area (Å²) in [6.45, 7) is 2.77. The van der Waals surface area contributed by atoms with Crippen molar-refractivity contribution in [1.29, 1.82) is 0 Å². The van der Waals surface area contributed by atoms with Crippen LogP contribution < -0.4 is 0 Å². The molecular weight excluding hydrogens is 182 g/mol. The molecule has 0 radical (unpaired) electrons. The Morgan fingerprint density at radius 1 is 1.64 bits per heavy atom. The lowest BCUT2D eigenvalue weighted by Gasteiger charge is -2.19. The van der Waals surface area contributed by atoms with Crippen LogP contribution in [0.15, 0.2) is 10.6 Å². The van der Waals surface area contributed by atoms with E-state index in [0.29, 0.717) is 13.0 Å². The van der Waals surface area contributed by atoms with Gasteiger partial charge in [-0.25, -0.2) is 0 Å². The van der Waals surface area contributed by atoms with Crippen molar-refractivity contribution in [3.05, 3.63) is 17.5 Å². The maximum absolute atomic E-state index is 11.4. The van der Waals surface area contributed by atoms with Crippen molar-refractivity contribution in [2.45, 2.75) is 19.8 Å². The summed E-state index contributed by atoms with van der Waals surface area (Å²) in [5, 5.41) is 3.88. The van der Waals surface area contributed by atoms with Crippen molar-refractivity contribution in [3.8, 4) is 0 Å². The number of rotatable bonds is 2. The second kappa shape index (κ2) is 3.92. The van der Waals surface area contributed by atoms with Crippen molar-refractivity contribution >= 4 is 5.78 Å². The van der Waals surface area contributed by atoms with Crippen LogP contribution >= 0.6 is 0 Å². The molecule has 1 aromatic rings. The van der Waals surface area contributed by atoms with E-state index in [0.717, 1.165) is 17.9 Å². The van der Waals surface area contributed by atoms with Gasteiger partial charge in [0.2, 0.25) is 0 Å². The molecule has 2 heterocycles. The first-order chi connectivity index (χ1) is 6.75. The number of carbonyl (C=O) groups is 1. The van der Waals surface area contributed by atoms with E-state index in [2.05, 4.69) is 5.16 Å². The number of ether oxygens (including phenoxy) is 1. The second-order valence-corrected chi connectivity index (χ2v) is 3.64. The van der Waals surface area contributed by atoms with Crippen LogP contribution in [-0.2, 0) is 16.0 Å². The highest BCUT2D eigenvalue weighted by Gasteiger charge is 2.23. The fourth-order valence-electron chi connectivity index (χ4n) is 1.66. The highest BCUT2D eigenvalue weighted by Crippen LogP contribution is 2.17. The van der Waals surface area contributed by atoms with E-state index in [1.54, 1.807) is 0 Å². The van der Waals surface area contributed by atoms with E-state index in [-0.39, 0.29) is 18.3 Å². The topological polar surface area (TPSA) is 52.3 Å². The van der Waals surface area contributed by atoms with Crippen LogP contribution in [0.5, 0.6) is 0 Å². The van der Waals surface area contributed by atoms with Crippen LogP contribution in [0.4, 0.5) is 0 Å². The summed E-state index contributed by atoms with van der Waals surface area (Å²) in [6, 6.07) is 1.88. The van der Waals surface area contributed by atoms with Gasteiger partial charge in [0.15, 0.2) is 5.78 Å². The molecule has 1 saturated heterocycles. The van der Waals surface area contributed by atoms with Gasteiger partial charge in [0.05, 0.1) is 5.69 Å². The standard InChI is InChI=1S/C10H13NO3/c1-7-4-9(11-14-7)5-8-2-3-13-6-10(8)12/h4,8H,2-3,5-6H2,1H3. The van der Waals surface area contributed by atoms with E-state index >= 15 is 0 Å². The molecular formula is C10H13NO3. The molecule has 0 aromatic carbocycles. The second-order valence-electron chi connectivity index (χ2n) is 3.64. The van der Waals surface area contributed by atoms with Gasteiger partial charge in [0.1, 0.15) is 12.4 Å². The third kappa shape index (κ3) is 2.01. The van der Waals surface area contributed by atoms with Crippen LogP contribution in [0, 0.1) is 12.8 Å². The van der Waals surface area contributed by atoms with Crippen LogP contribution in [0.2, 0.25) is 0 Å². The summed E-state index contributed by atoms with van der Waals surface area (Å²) in [6.07, 6.45) is 1.48. The van der Waals surface area contributed by atoms with Crippen molar-refractivity contribution in [3.63, 3.8) is 0 Å².